The van der Waals surface area contributed by atoms with Crippen molar-refractivity contribution in [1.29, 1.82) is 0 Å². The Hall–Kier alpha value is -1.12. The van der Waals surface area contributed by atoms with Crippen molar-refractivity contribution < 1.29 is 13.2 Å². The highest BCUT2D eigenvalue weighted by molar-refractivity contribution is 7.91. The SMILES string of the molecule is CC(=O)c1sc(NC2CCN(C)C2)c(S(C)(=O)=O)c1N. The maximum atomic E-state index is 11.9. The van der Waals surface area contributed by atoms with Gasteiger partial charge in [-0.05, 0) is 20.0 Å². The fraction of sp³-hybridized carbons (Fsp3) is 0.583. The summed E-state index contributed by atoms with van der Waals surface area (Å²) in [6.45, 7) is 3.20. The highest BCUT2D eigenvalue weighted by Crippen LogP contribution is 2.40. The summed E-state index contributed by atoms with van der Waals surface area (Å²) in [7, 11) is -1.46. The molecular formula is C12H19N3O3S2. The third-order valence-electron chi connectivity index (χ3n) is 3.32. The summed E-state index contributed by atoms with van der Waals surface area (Å²) in [5, 5.41) is 3.71. The van der Waals surface area contributed by atoms with Crippen LogP contribution in [0.5, 0.6) is 0 Å². The zero-order valence-electron chi connectivity index (χ0n) is 11.8. The molecule has 1 aliphatic rings. The number of nitrogens with one attached hydrogen (secondary N) is 1. The average Bonchev–Trinajstić information content (AvgIpc) is 2.82. The maximum Gasteiger partial charge on any atom is 0.180 e. The van der Waals surface area contributed by atoms with E-state index in [1.807, 2.05) is 7.05 Å². The van der Waals surface area contributed by atoms with Gasteiger partial charge in [0.1, 0.15) is 9.90 Å². The molecule has 0 radical (unpaired) electrons. The van der Waals surface area contributed by atoms with Crippen molar-refractivity contribution in [3.63, 3.8) is 0 Å². The van der Waals surface area contributed by atoms with E-state index >= 15 is 0 Å². The van der Waals surface area contributed by atoms with Gasteiger partial charge in [-0.1, -0.05) is 0 Å². The highest BCUT2D eigenvalue weighted by atomic mass is 32.2. The fourth-order valence-electron chi connectivity index (χ4n) is 2.39. The molecule has 0 saturated carbocycles. The van der Waals surface area contributed by atoms with Crippen LogP contribution in [0.4, 0.5) is 10.7 Å². The molecule has 0 amide bonds. The van der Waals surface area contributed by atoms with Crippen molar-refractivity contribution in [3.8, 4) is 0 Å². The standard InChI is InChI=1S/C12H19N3O3S2/c1-7(16)10-9(13)11(20(3,17)18)12(19-10)14-8-4-5-15(2)6-8/h8,14H,4-6,13H2,1-3H3. The Balaban J connectivity index is 2.41. The van der Waals surface area contributed by atoms with Crippen LogP contribution >= 0.6 is 11.3 Å². The number of likely N-dealkylation sites (N-methyl/N-ethyl adjacent to an activating group) is 1. The minimum Gasteiger partial charge on any atom is -0.396 e. The maximum absolute atomic E-state index is 11.9. The Kier molecular flexibility index (Phi) is 4.08. The number of carbonyl (C=O) groups is 1. The molecule has 1 unspecified atom stereocenters. The van der Waals surface area contributed by atoms with Crippen LogP contribution < -0.4 is 11.1 Å². The van der Waals surface area contributed by atoms with E-state index in [0.717, 1.165) is 37.1 Å². The summed E-state index contributed by atoms with van der Waals surface area (Å²) in [4.78, 5) is 14.1. The van der Waals surface area contributed by atoms with E-state index in [4.69, 9.17) is 5.73 Å². The molecule has 1 atom stereocenters. The summed E-state index contributed by atoms with van der Waals surface area (Å²) >= 11 is 1.13. The lowest BCUT2D eigenvalue weighted by molar-refractivity contribution is 0.102. The first kappa shape index (κ1) is 15.3. The third kappa shape index (κ3) is 2.97. The molecule has 1 fully saturated rings. The zero-order valence-corrected chi connectivity index (χ0v) is 13.4. The van der Waals surface area contributed by atoms with Gasteiger partial charge >= 0.3 is 0 Å². The molecule has 112 valence electrons. The molecule has 2 rings (SSSR count). The predicted octanol–water partition coefficient (Wildman–Crippen LogP) is 1.05. The molecule has 1 saturated heterocycles. The smallest absolute Gasteiger partial charge is 0.180 e. The molecule has 0 spiro atoms. The molecular weight excluding hydrogens is 298 g/mol. The molecule has 1 aromatic rings. The third-order valence-corrected chi connectivity index (χ3v) is 5.85. The molecule has 6 nitrogen and oxygen atoms in total. The van der Waals surface area contributed by atoms with Gasteiger partial charge in [0.2, 0.25) is 0 Å². The Morgan fingerprint density at radius 1 is 1.50 bits per heavy atom. The number of hydrogen-bond donors (Lipinski definition) is 2. The lowest BCUT2D eigenvalue weighted by Crippen LogP contribution is -2.23. The van der Waals surface area contributed by atoms with Crippen molar-refractivity contribution in [2.45, 2.75) is 24.3 Å². The molecule has 1 aliphatic heterocycles. The summed E-state index contributed by atoms with van der Waals surface area (Å²) in [6.07, 6.45) is 2.05. The van der Waals surface area contributed by atoms with Gasteiger partial charge in [-0.2, -0.15) is 0 Å². The fourth-order valence-corrected chi connectivity index (χ4v) is 4.92. The Morgan fingerprint density at radius 3 is 2.60 bits per heavy atom. The number of sulfone groups is 1. The molecule has 1 aromatic heterocycles. The molecule has 8 heteroatoms. The number of ketones is 1. The van der Waals surface area contributed by atoms with Crippen LogP contribution in [0.3, 0.4) is 0 Å². The second kappa shape index (κ2) is 5.34. The van der Waals surface area contributed by atoms with Crippen molar-refractivity contribution in [3.05, 3.63) is 4.88 Å². The van der Waals surface area contributed by atoms with Crippen LogP contribution in [0.15, 0.2) is 4.90 Å². The number of thiophene rings is 1. The topological polar surface area (TPSA) is 92.5 Å². The monoisotopic (exact) mass is 317 g/mol. The second-order valence-electron chi connectivity index (χ2n) is 5.22. The number of likely N-dealkylation sites (tertiary alicyclic amines) is 1. The number of nitrogens with two attached hydrogens (primary N) is 1. The van der Waals surface area contributed by atoms with Gasteiger partial charge in [0.05, 0.1) is 10.6 Å². The summed E-state index contributed by atoms with van der Waals surface area (Å²) in [5.41, 5.74) is 5.92. The first-order valence-corrected chi connectivity index (χ1v) is 8.99. The minimum absolute atomic E-state index is 0.0576. The van der Waals surface area contributed by atoms with Gasteiger partial charge in [-0.25, -0.2) is 8.42 Å². The molecule has 3 N–H and O–H groups in total. The van der Waals surface area contributed by atoms with E-state index in [1.54, 1.807) is 0 Å². The van der Waals surface area contributed by atoms with E-state index < -0.39 is 9.84 Å². The Bertz CT molecular complexity index is 637. The molecule has 20 heavy (non-hydrogen) atoms. The molecule has 0 aromatic carbocycles. The number of nitrogens with zero attached hydrogens (tertiary/aromatic N) is 1. The predicted molar refractivity (Wildman–Crippen MR) is 81.4 cm³/mol. The number of carbonyl (C=O) groups excluding carboxylic acids is 1. The summed E-state index contributed by atoms with van der Waals surface area (Å²) in [5.74, 6) is -0.214. The normalized spacial score (nSPS) is 20.2. The molecule has 0 aliphatic carbocycles. The van der Waals surface area contributed by atoms with Gasteiger partial charge in [0.15, 0.2) is 15.6 Å². The molecule has 2 heterocycles. The second-order valence-corrected chi connectivity index (χ2v) is 8.20. The van der Waals surface area contributed by atoms with Crippen molar-refractivity contribution >= 4 is 37.6 Å². The lowest BCUT2D eigenvalue weighted by Gasteiger charge is -2.14. The number of rotatable bonds is 4. The van der Waals surface area contributed by atoms with Gasteiger partial charge in [-0.3, -0.25) is 4.79 Å². The lowest BCUT2D eigenvalue weighted by atomic mass is 10.2. The largest absolute Gasteiger partial charge is 0.396 e. The van der Waals surface area contributed by atoms with Crippen molar-refractivity contribution in [2.24, 2.45) is 0 Å². The minimum atomic E-state index is -3.47. The average molecular weight is 317 g/mol. The Labute approximate surface area is 122 Å². The zero-order chi connectivity index (χ0) is 15.1. The quantitative estimate of drug-likeness (QED) is 0.807. The molecule has 0 bridgehead atoms. The van der Waals surface area contributed by atoms with E-state index in [1.165, 1.54) is 6.92 Å². The van der Waals surface area contributed by atoms with Crippen LogP contribution in [-0.2, 0) is 9.84 Å². The van der Waals surface area contributed by atoms with Crippen LogP contribution in [0.25, 0.3) is 0 Å². The van der Waals surface area contributed by atoms with Crippen molar-refractivity contribution in [1.82, 2.24) is 4.90 Å². The summed E-state index contributed by atoms with van der Waals surface area (Å²) < 4.78 is 23.8. The first-order chi connectivity index (χ1) is 9.20. The first-order valence-electron chi connectivity index (χ1n) is 6.28. The van der Waals surface area contributed by atoms with E-state index in [-0.39, 0.29) is 22.4 Å². The van der Waals surface area contributed by atoms with Crippen LogP contribution in [0.2, 0.25) is 0 Å². The van der Waals surface area contributed by atoms with Gasteiger partial charge < -0.3 is 16.0 Å². The van der Waals surface area contributed by atoms with Crippen LogP contribution in [0.1, 0.15) is 23.0 Å². The van der Waals surface area contributed by atoms with E-state index in [9.17, 15) is 13.2 Å². The highest BCUT2D eigenvalue weighted by Gasteiger charge is 2.28. The van der Waals surface area contributed by atoms with Crippen LogP contribution in [-0.4, -0.2) is 51.5 Å². The number of Topliss-reactive ketones (excluding diaryl/α,β-unsaturated/α-hetero) is 1. The van der Waals surface area contributed by atoms with E-state index in [2.05, 4.69) is 10.2 Å². The van der Waals surface area contributed by atoms with Gasteiger partial charge in [-0.15, -0.1) is 11.3 Å². The number of nitrogen functional groups attached to an aromatic ring is 1. The van der Waals surface area contributed by atoms with Gasteiger partial charge in [0, 0.05) is 25.8 Å². The van der Waals surface area contributed by atoms with E-state index in [0.29, 0.717) is 9.88 Å². The van der Waals surface area contributed by atoms with Gasteiger partial charge in [0.25, 0.3) is 0 Å². The summed E-state index contributed by atoms with van der Waals surface area (Å²) in [6, 6.07) is 0.179. The number of anilines is 2. The van der Waals surface area contributed by atoms with Crippen molar-refractivity contribution in [2.75, 3.05) is 37.4 Å². The Morgan fingerprint density at radius 2 is 2.15 bits per heavy atom. The van der Waals surface area contributed by atoms with Crippen LogP contribution in [0, 0.1) is 0 Å². The number of hydrogen-bond acceptors (Lipinski definition) is 7.